The highest BCUT2D eigenvalue weighted by atomic mass is 16.2. The molecule has 2 nitrogen and oxygen atoms in total. The average molecular weight is 140 g/mol. The number of carbonyl (C=O) groups excluding carboxylic acids is 2. The summed E-state index contributed by atoms with van der Waals surface area (Å²) in [6.45, 7) is 4.05. The second kappa shape index (κ2) is 2.52. The Hall–Kier alpha value is -0.660. The van der Waals surface area contributed by atoms with E-state index in [9.17, 15) is 9.59 Å². The van der Waals surface area contributed by atoms with Gasteiger partial charge in [0.05, 0.1) is 0 Å². The Morgan fingerprint density at radius 1 is 1.00 bits per heavy atom. The van der Waals surface area contributed by atoms with Crippen molar-refractivity contribution in [2.45, 2.75) is 26.7 Å². The highest BCUT2D eigenvalue weighted by Gasteiger charge is 2.28. The minimum absolute atomic E-state index is 0.175. The summed E-state index contributed by atoms with van der Waals surface area (Å²) in [6, 6.07) is 0. The first-order chi connectivity index (χ1) is 4.61. The van der Waals surface area contributed by atoms with Crippen molar-refractivity contribution in [3.05, 3.63) is 0 Å². The minimum atomic E-state index is -0.175. The van der Waals surface area contributed by atoms with Crippen LogP contribution >= 0.6 is 0 Å². The lowest BCUT2D eigenvalue weighted by atomic mass is 9.80. The van der Waals surface area contributed by atoms with Crippen LogP contribution in [0, 0.1) is 11.8 Å². The number of hydrogen-bond donors (Lipinski definition) is 0. The molecule has 2 atom stereocenters. The van der Waals surface area contributed by atoms with Crippen molar-refractivity contribution in [2.75, 3.05) is 0 Å². The monoisotopic (exact) mass is 140 g/mol. The number of rotatable bonds is 0. The summed E-state index contributed by atoms with van der Waals surface area (Å²) < 4.78 is 0. The maximum Gasteiger partial charge on any atom is 0.198 e. The van der Waals surface area contributed by atoms with Crippen molar-refractivity contribution in [2.24, 2.45) is 11.8 Å². The Morgan fingerprint density at radius 2 is 1.30 bits per heavy atom. The first-order valence-electron chi connectivity index (χ1n) is 3.67. The molecule has 0 aromatic heterocycles. The zero-order valence-corrected chi connectivity index (χ0v) is 6.39. The lowest BCUT2D eigenvalue weighted by Gasteiger charge is -2.22. The predicted molar refractivity (Wildman–Crippen MR) is 37.6 cm³/mol. The van der Waals surface area contributed by atoms with E-state index in [0.717, 1.165) is 0 Å². The van der Waals surface area contributed by atoms with Crippen LogP contribution in [-0.4, -0.2) is 11.6 Å². The van der Waals surface area contributed by atoms with Crippen molar-refractivity contribution in [1.29, 1.82) is 0 Å². The molecule has 0 aliphatic heterocycles. The van der Waals surface area contributed by atoms with Gasteiger partial charge in [-0.1, -0.05) is 13.8 Å². The molecule has 0 N–H and O–H groups in total. The topological polar surface area (TPSA) is 34.1 Å². The van der Waals surface area contributed by atoms with E-state index < -0.39 is 0 Å². The summed E-state index contributed by atoms with van der Waals surface area (Å²) in [5.74, 6) is 0.437. The second-order valence-electron chi connectivity index (χ2n) is 3.21. The van der Waals surface area contributed by atoms with E-state index in [1.807, 2.05) is 13.8 Å². The molecule has 10 heavy (non-hydrogen) atoms. The van der Waals surface area contributed by atoms with Gasteiger partial charge in [-0.25, -0.2) is 0 Å². The Bertz CT molecular complexity index is 152. The molecule has 0 saturated heterocycles. The third-order valence-electron chi connectivity index (χ3n) is 2.30. The van der Waals surface area contributed by atoms with Gasteiger partial charge >= 0.3 is 0 Å². The van der Waals surface area contributed by atoms with Crippen molar-refractivity contribution in [3.8, 4) is 0 Å². The number of carbonyl (C=O) groups is 2. The molecule has 1 aliphatic rings. The Morgan fingerprint density at radius 3 is 1.60 bits per heavy atom. The van der Waals surface area contributed by atoms with Crippen molar-refractivity contribution >= 4 is 11.6 Å². The van der Waals surface area contributed by atoms with Crippen LogP contribution in [0.5, 0.6) is 0 Å². The largest absolute Gasteiger partial charge is 0.291 e. The van der Waals surface area contributed by atoms with Crippen LogP contribution in [0.4, 0.5) is 0 Å². The van der Waals surface area contributed by atoms with Gasteiger partial charge in [0.15, 0.2) is 11.6 Å². The third-order valence-corrected chi connectivity index (χ3v) is 2.30. The molecule has 1 aliphatic carbocycles. The van der Waals surface area contributed by atoms with Gasteiger partial charge in [0.25, 0.3) is 0 Å². The summed E-state index contributed by atoms with van der Waals surface area (Å²) in [5, 5.41) is 0. The van der Waals surface area contributed by atoms with Crippen LogP contribution in [0.2, 0.25) is 0 Å². The number of ketones is 2. The first-order valence-corrected chi connectivity index (χ1v) is 3.67. The summed E-state index contributed by atoms with van der Waals surface area (Å²) in [6.07, 6.45) is 0.917. The highest BCUT2D eigenvalue weighted by Crippen LogP contribution is 2.24. The van der Waals surface area contributed by atoms with Crippen LogP contribution in [0.3, 0.4) is 0 Å². The maximum atomic E-state index is 10.8. The molecule has 0 aromatic rings. The SMILES string of the molecule is CC1CC(=O)C(=O)CC1C. The number of hydrogen-bond acceptors (Lipinski definition) is 2. The standard InChI is InChI=1S/C8H12O2/c1-5-3-7(9)8(10)4-6(5)2/h5-6H,3-4H2,1-2H3. The lowest BCUT2D eigenvalue weighted by molar-refractivity contribution is -0.140. The van der Waals surface area contributed by atoms with Gasteiger partial charge in [0.2, 0.25) is 0 Å². The van der Waals surface area contributed by atoms with Crippen molar-refractivity contribution in [1.82, 2.24) is 0 Å². The van der Waals surface area contributed by atoms with Crippen LogP contribution in [0.25, 0.3) is 0 Å². The van der Waals surface area contributed by atoms with Gasteiger partial charge in [-0.15, -0.1) is 0 Å². The van der Waals surface area contributed by atoms with E-state index in [1.165, 1.54) is 0 Å². The van der Waals surface area contributed by atoms with E-state index in [2.05, 4.69) is 0 Å². The molecule has 0 spiro atoms. The van der Waals surface area contributed by atoms with Crippen molar-refractivity contribution < 1.29 is 9.59 Å². The molecule has 0 bridgehead atoms. The molecule has 0 heterocycles. The fraction of sp³-hybridized carbons (Fsp3) is 0.750. The fourth-order valence-corrected chi connectivity index (χ4v) is 1.21. The molecule has 1 rings (SSSR count). The lowest BCUT2D eigenvalue weighted by Crippen LogP contribution is -2.29. The van der Waals surface area contributed by atoms with E-state index in [0.29, 0.717) is 24.7 Å². The third kappa shape index (κ3) is 1.25. The predicted octanol–water partition coefficient (Wildman–Crippen LogP) is 1.19. The minimum Gasteiger partial charge on any atom is -0.291 e. The highest BCUT2D eigenvalue weighted by molar-refractivity contribution is 6.37. The average Bonchev–Trinajstić information content (AvgIpc) is 1.84. The van der Waals surface area contributed by atoms with Gasteiger partial charge in [0, 0.05) is 12.8 Å². The molecule has 2 heteroatoms. The molecule has 0 radical (unpaired) electrons. The molecule has 56 valence electrons. The fourth-order valence-electron chi connectivity index (χ4n) is 1.21. The van der Waals surface area contributed by atoms with Gasteiger partial charge in [-0.3, -0.25) is 9.59 Å². The molecule has 1 saturated carbocycles. The van der Waals surface area contributed by atoms with Crippen LogP contribution in [0.15, 0.2) is 0 Å². The summed E-state index contributed by atoms with van der Waals surface area (Å²) in [4.78, 5) is 21.6. The molecule has 0 amide bonds. The van der Waals surface area contributed by atoms with Gasteiger partial charge in [0.1, 0.15) is 0 Å². The van der Waals surface area contributed by atoms with Gasteiger partial charge < -0.3 is 0 Å². The summed E-state index contributed by atoms with van der Waals surface area (Å²) in [5.41, 5.74) is 0. The van der Waals surface area contributed by atoms with E-state index in [1.54, 1.807) is 0 Å². The summed E-state index contributed by atoms with van der Waals surface area (Å²) in [7, 11) is 0. The molecule has 1 fully saturated rings. The van der Waals surface area contributed by atoms with E-state index >= 15 is 0 Å². The molecule has 0 aromatic carbocycles. The maximum absolute atomic E-state index is 10.8. The molecule has 2 unspecified atom stereocenters. The van der Waals surface area contributed by atoms with Crippen LogP contribution < -0.4 is 0 Å². The Balaban J connectivity index is 2.63. The molecular weight excluding hydrogens is 128 g/mol. The van der Waals surface area contributed by atoms with Gasteiger partial charge in [-0.2, -0.15) is 0 Å². The number of Topliss-reactive ketones (excluding diaryl/α,β-unsaturated/α-hetero) is 2. The molecular formula is C8H12O2. The van der Waals surface area contributed by atoms with E-state index in [4.69, 9.17) is 0 Å². The quantitative estimate of drug-likeness (QED) is 0.474. The van der Waals surface area contributed by atoms with E-state index in [-0.39, 0.29) is 11.6 Å². The Kier molecular flexibility index (Phi) is 1.88. The smallest absolute Gasteiger partial charge is 0.198 e. The zero-order valence-electron chi connectivity index (χ0n) is 6.39. The summed E-state index contributed by atoms with van der Waals surface area (Å²) >= 11 is 0. The van der Waals surface area contributed by atoms with Crippen molar-refractivity contribution in [3.63, 3.8) is 0 Å². The normalized spacial score (nSPS) is 34.6. The first kappa shape index (κ1) is 7.45. The zero-order chi connectivity index (χ0) is 7.72. The van der Waals surface area contributed by atoms with Crippen LogP contribution in [0.1, 0.15) is 26.7 Å². The Labute approximate surface area is 60.6 Å². The van der Waals surface area contributed by atoms with Gasteiger partial charge in [-0.05, 0) is 11.8 Å². The van der Waals surface area contributed by atoms with Crippen LogP contribution in [-0.2, 0) is 9.59 Å². The second-order valence-corrected chi connectivity index (χ2v) is 3.21.